The molecule has 0 spiro atoms. The molecular weight excluding hydrogens is 286 g/mol. The lowest BCUT2D eigenvalue weighted by Crippen LogP contribution is -2.49. The Morgan fingerprint density at radius 3 is 3.00 bits per heavy atom. The summed E-state index contributed by atoms with van der Waals surface area (Å²) in [5, 5.41) is 8.98. The van der Waals surface area contributed by atoms with Crippen molar-refractivity contribution in [2.75, 3.05) is 26.3 Å². The Hall–Kier alpha value is -2.08. The van der Waals surface area contributed by atoms with Crippen molar-refractivity contribution >= 4 is 11.9 Å². The third-order valence-corrected chi connectivity index (χ3v) is 4.02. The molecule has 0 aromatic heterocycles. The number of hydrogen-bond acceptors (Lipinski definition) is 4. The highest BCUT2D eigenvalue weighted by atomic mass is 16.5. The summed E-state index contributed by atoms with van der Waals surface area (Å²) < 4.78 is 10.7. The van der Waals surface area contributed by atoms with Crippen molar-refractivity contribution in [3.05, 3.63) is 29.3 Å². The van der Waals surface area contributed by atoms with Crippen LogP contribution in [-0.2, 0) is 27.2 Å². The number of morpholine rings is 1. The number of aryl methyl sites for hydroxylation is 1. The van der Waals surface area contributed by atoms with Crippen LogP contribution < -0.4 is 4.74 Å². The standard InChI is InChI=1S/C16H19NO5/c18-15(17-5-7-22-14(10-17)16(19)20)9-11-3-4-13-12(8-11)2-1-6-21-13/h3-4,8,14H,1-2,5-7,9-10H2,(H,19,20)/t14-/m0/s1. The fourth-order valence-electron chi connectivity index (χ4n) is 2.84. The molecule has 1 saturated heterocycles. The molecule has 0 unspecified atom stereocenters. The van der Waals surface area contributed by atoms with E-state index in [0.717, 1.165) is 36.3 Å². The van der Waals surface area contributed by atoms with E-state index in [2.05, 4.69) is 0 Å². The minimum Gasteiger partial charge on any atom is -0.493 e. The second-order valence-corrected chi connectivity index (χ2v) is 5.61. The van der Waals surface area contributed by atoms with Gasteiger partial charge in [-0.25, -0.2) is 4.79 Å². The van der Waals surface area contributed by atoms with Gasteiger partial charge in [-0.3, -0.25) is 4.79 Å². The molecule has 0 aliphatic carbocycles. The SMILES string of the molecule is O=C(O)[C@@H]1CN(C(=O)Cc2ccc3c(c2)CCCO3)CCO1. The molecule has 1 N–H and O–H groups in total. The van der Waals surface area contributed by atoms with Gasteiger partial charge in [0.25, 0.3) is 0 Å². The van der Waals surface area contributed by atoms with Gasteiger partial charge in [0.1, 0.15) is 5.75 Å². The lowest BCUT2D eigenvalue weighted by Gasteiger charge is -2.31. The van der Waals surface area contributed by atoms with Crippen LogP contribution in [0.2, 0.25) is 0 Å². The van der Waals surface area contributed by atoms with Gasteiger partial charge in [0.2, 0.25) is 5.91 Å². The van der Waals surface area contributed by atoms with Crippen molar-refractivity contribution in [1.29, 1.82) is 0 Å². The van der Waals surface area contributed by atoms with E-state index in [4.69, 9.17) is 14.6 Å². The van der Waals surface area contributed by atoms with Crippen LogP contribution in [0.3, 0.4) is 0 Å². The summed E-state index contributed by atoms with van der Waals surface area (Å²) >= 11 is 0. The maximum atomic E-state index is 12.3. The summed E-state index contributed by atoms with van der Waals surface area (Å²) in [7, 11) is 0. The maximum absolute atomic E-state index is 12.3. The zero-order valence-electron chi connectivity index (χ0n) is 12.3. The van der Waals surface area contributed by atoms with Crippen LogP contribution in [0.1, 0.15) is 17.5 Å². The molecule has 2 aliphatic rings. The number of carboxylic acid groups (broad SMARTS) is 1. The average molecular weight is 305 g/mol. The zero-order chi connectivity index (χ0) is 15.5. The molecule has 6 nitrogen and oxygen atoms in total. The minimum atomic E-state index is -1.02. The fourth-order valence-corrected chi connectivity index (χ4v) is 2.84. The normalized spacial score (nSPS) is 20.9. The highest BCUT2D eigenvalue weighted by Gasteiger charge is 2.28. The molecular formula is C16H19NO5. The van der Waals surface area contributed by atoms with Crippen molar-refractivity contribution in [2.24, 2.45) is 0 Å². The van der Waals surface area contributed by atoms with Crippen LogP contribution >= 0.6 is 0 Å². The topological polar surface area (TPSA) is 76.1 Å². The first-order valence-electron chi connectivity index (χ1n) is 7.50. The number of ether oxygens (including phenoxy) is 2. The molecule has 118 valence electrons. The first-order valence-corrected chi connectivity index (χ1v) is 7.50. The van der Waals surface area contributed by atoms with Crippen LogP contribution in [0.5, 0.6) is 5.75 Å². The Morgan fingerprint density at radius 2 is 2.18 bits per heavy atom. The van der Waals surface area contributed by atoms with Crippen molar-refractivity contribution in [3.8, 4) is 5.75 Å². The van der Waals surface area contributed by atoms with Gasteiger partial charge in [-0.2, -0.15) is 0 Å². The van der Waals surface area contributed by atoms with Crippen LogP contribution in [0.25, 0.3) is 0 Å². The largest absolute Gasteiger partial charge is 0.493 e. The Balaban J connectivity index is 1.65. The molecule has 0 saturated carbocycles. The van der Waals surface area contributed by atoms with E-state index in [1.165, 1.54) is 0 Å². The first-order chi connectivity index (χ1) is 10.6. The van der Waals surface area contributed by atoms with E-state index >= 15 is 0 Å². The van der Waals surface area contributed by atoms with E-state index in [1.54, 1.807) is 4.90 Å². The van der Waals surface area contributed by atoms with Gasteiger partial charge >= 0.3 is 5.97 Å². The van der Waals surface area contributed by atoms with Crippen LogP contribution in [-0.4, -0.2) is 54.3 Å². The Bertz CT molecular complexity index is 586. The molecule has 22 heavy (non-hydrogen) atoms. The van der Waals surface area contributed by atoms with E-state index in [-0.39, 0.29) is 25.5 Å². The number of amides is 1. The second kappa shape index (κ2) is 6.36. The number of aliphatic carboxylic acids is 1. The van der Waals surface area contributed by atoms with E-state index in [9.17, 15) is 9.59 Å². The lowest BCUT2D eigenvalue weighted by atomic mass is 10.0. The average Bonchev–Trinajstić information content (AvgIpc) is 2.55. The summed E-state index contributed by atoms with van der Waals surface area (Å²) in [6.45, 7) is 1.56. The first kappa shape index (κ1) is 14.8. The summed E-state index contributed by atoms with van der Waals surface area (Å²) in [5.74, 6) is -0.186. The second-order valence-electron chi connectivity index (χ2n) is 5.61. The number of rotatable bonds is 3. The van der Waals surface area contributed by atoms with Gasteiger partial charge in [-0.05, 0) is 30.0 Å². The monoisotopic (exact) mass is 305 g/mol. The number of carbonyl (C=O) groups excluding carboxylic acids is 1. The molecule has 0 bridgehead atoms. The third kappa shape index (κ3) is 3.22. The summed E-state index contributed by atoms with van der Waals surface area (Å²) in [4.78, 5) is 24.9. The lowest BCUT2D eigenvalue weighted by molar-refractivity contribution is -0.159. The number of benzene rings is 1. The van der Waals surface area contributed by atoms with Gasteiger partial charge in [-0.15, -0.1) is 0 Å². The molecule has 1 fully saturated rings. The number of fused-ring (bicyclic) bond motifs is 1. The van der Waals surface area contributed by atoms with Crippen molar-refractivity contribution in [3.63, 3.8) is 0 Å². The maximum Gasteiger partial charge on any atom is 0.334 e. The Morgan fingerprint density at radius 1 is 1.32 bits per heavy atom. The minimum absolute atomic E-state index is 0.0637. The predicted molar refractivity (Wildman–Crippen MR) is 77.9 cm³/mol. The predicted octanol–water partition coefficient (Wildman–Crippen LogP) is 0.866. The van der Waals surface area contributed by atoms with Gasteiger partial charge in [0.15, 0.2) is 6.10 Å². The van der Waals surface area contributed by atoms with E-state index in [1.807, 2.05) is 18.2 Å². The van der Waals surface area contributed by atoms with E-state index < -0.39 is 12.1 Å². The van der Waals surface area contributed by atoms with Crippen molar-refractivity contribution in [2.45, 2.75) is 25.4 Å². The summed E-state index contributed by atoms with van der Waals surface area (Å²) in [6.07, 6.45) is 1.32. The van der Waals surface area contributed by atoms with Crippen LogP contribution in [0.15, 0.2) is 18.2 Å². The van der Waals surface area contributed by atoms with Crippen LogP contribution in [0.4, 0.5) is 0 Å². The molecule has 1 atom stereocenters. The molecule has 3 rings (SSSR count). The zero-order valence-corrected chi connectivity index (χ0v) is 12.3. The number of carboxylic acids is 1. The molecule has 1 aromatic rings. The van der Waals surface area contributed by atoms with E-state index in [0.29, 0.717) is 6.54 Å². The third-order valence-electron chi connectivity index (χ3n) is 4.02. The molecule has 6 heteroatoms. The molecule has 2 heterocycles. The molecule has 1 amide bonds. The van der Waals surface area contributed by atoms with Gasteiger partial charge in [0.05, 0.1) is 26.2 Å². The Labute approximate surface area is 128 Å². The van der Waals surface area contributed by atoms with Gasteiger partial charge in [-0.1, -0.05) is 12.1 Å². The fraction of sp³-hybridized carbons (Fsp3) is 0.500. The van der Waals surface area contributed by atoms with Crippen molar-refractivity contribution in [1.82, 2.24) is 4.90 Å². The van der Waals surface area contributed by atoms with Gasteiger partial charge < -0.3 is 19.5 Å². The molecule has 0 radical (unpaired) electrons. The smallest absolute Gasteiger partial charge is 0.334 e. The molecule has 2 aliphatic heterocycles. The number of hydrogen-bond donors (Lipinski definition) is 1. The summed E-state index contributed by atoms with van der Waals surface area (Å²) in [5.41, 5.74) is 2.08. The number of nitrogens with zero attached hydrogens (tertiary/aromatic N) is 1. The van der Waals surface area contributed by atoms with Gasteiger partial charge in [0, 0.05) is 6.54 Å². The van der Waals surface area contributed by atoms with Crippen LogP contribution in [0, 0.1) is 0 Å². The Kier molecular flexibility index (Phi) is 4.29. The summed E-state index contributed by atoms with van der Waals surface area (Å²) in [6, 6.07) is 5.83. The highest BCUT2D eigenvalue weighted by Crippen LogP contribution is 2.26. The van der Waals surface area contributed by atoms with Crippen molar-refractivity contribution < 1.29 is 24.2 Å². The quantitative estimate of drug-likeness (QED) is 0.896. The number of carbonyl (C=O) groups is 2. The molecule has 1 aromatic carbocycles. The highest BCUT2D eigenvalue weighted by molar-refractivity contribution is 5.80.